The predicted molar refractivity (Wildman–Crippen MR) is 60.3 cm³/mol. The molecule has 1 unspecified atom stereocenters. The number of hydrogen-bond donors (Lipinski definition) is 4. The van der Waals surface area contributed by atoms with Crippen LogP contribution in [0.5, 0.6) is 0 Å². The van der Waals surface area contributed by atoms with Crippen molar-refractivity contribution in [1.29, 1.82) is 0 Å². The molecule has 0 spiro atoms. The minimum atomic E-state index is -0.982. The molecule has 0 aromatic heterocycles. The zero-order valence-electron chi connectivity index (χ0n) is 8.43. The van der Waals surface area contributed by atoms with Gasteiger partial charge in [0.15, 0.2) is 0 Å². The van der Waals surface area contributed by atoms with Crippen molar-refractivity contribution < 1.29 is 19.7 Å². The lowest BCUT2D eigenvalue weighted by Gasteiger charge is -2.15. The van der Waals surface area contributed by atoms with E-state index in [1.165, 1.54) is 0 Å². The fraction of sp³-hybridized carbons (Fsp3) is 0.667. The highest BCUT2D eigenvalue weighted by Crippen LogP contribution is 1.90. The Balaban J connectivity index is 3.63. The lowest BCUT2D eigenvalue weighted by Crippen LogP contribution is -2.43. The molecule has 0 saturated heterocycles. The Morgan fingerprint density at radius 3 is 2.80 bits per heavy atom. The van der Waals surface area contributed by atoms with Gasteiger partial charge in [-0.05, 0) is 0 Å². The van der Waals surface area contributed by atoms with Crippen LogP contribution in [0.2, 0.25) is 0 Å². The van der Waals surface area contributed by atoms with Crippen molar-refractivity contribution in [2.24, 2.45) is 0 Å². The highest BCUT2D eigenvalue weighted by molar-refractivity contribution is 7.80. The molecule has 88 valence electrons. The summed E-state index contributed by atoms with van der Waals surface area (Å²) in [6.07, 6.45) is 0.847. The van der Waals surface area contributed by atoms with E-state index < -0.39 is 18.1 Å². The fourth-order valence-electron chi connectivity index (χ4n) is 0.855. The Morgan fingerprint density at radius 1 is 1.67 bits per heavy atom. The van der Waals surface area contributed by atoms with Gasteiger partial charge in [0.2, 0.25) is 0 Å². The second kappa shape index (κ2) is 8.72. The van der Waals surface area contributed by atoms with Gasteiger partial charge in [0.25, 0.3) is 0 Å². The molecule has 0 aromatic carbocycles. The minimum Gasteiger partial charge on any atom is -0.480 e. The van der Waals surface area contributed by atoms with Gasteiger partial charge in [-0.2, -0.15) is 12.6 Å². The molecule has 0 amide bonds. The number of carbonyl (C=O) groups is 1. The van der Waals surface area contributed by atoms with E-state index in [-0.39, 0.29) is 18.9 Å². The van der Waals surface area contributed by atoms with E-state index in [2.05, 4.69) is 24.5 Å². The molecule has 0 fully saturated rings. The summed E-state index contributed by atoms with van der Waals surface area (Å²) in [4.78, 5) is 10.6. The number of hydrogen-bond acceptors (Lipinski definition) is 5. The third kappa shape index (κ3) is 7.38. The van der Waals surface area contributed by atoms with Crippen LogP contribution in [-0.2, 0) is 9.53 Å². The predicted octanol–water partition coefficient (Wildman–Crippen LogP) is -0.478. The molecule has 0 rings (SSSR count). The normalized spacial score (nSPS) is 14.5. The second-order valence-corrected chi connectivity index (χ2v) is 3.33. The van der Waals surface area contributed by atoms with Crippen LogP contribution in [-0.4, -0.2) is 53.8 Å². The highest BCUT2D eigenvalue weighted by atomic mass is 32.1. The Morgan fingerprint density at radius 2 is 2.33 bits per heavy atom. The number of rotatable bonds is 9. The topological polar surface area (TPSA) is 78.8 Å². The number of ether oxygens (including phenoxy) is 1. The van der Waals surface area contributed by atoms with Gasteiger partial charge in [-0.15, -0.1) is 6.58 Å². The van der Waals surface area contributed by atoms with Crippen molar-refractivity contribution in [2.45, 2.75) is 12.1 Å². The average Bonchev–Trinajstić information content (AvgIpc) is 2.18. The minimum absolute atomic E-state index is 0.151. The molecule has 0 bridgehead atoms. The first-order valence-corrected chi connectivity index (χ1v) is 5.18. The molecule has 0 aliphatic heterocycles. The maximum Gasteiger partial charge on any atom is 0.321 e. The Hall–Kier alpha value is -0.560. The van der Waals surface area contributed by atoms with E-state index in [1.807, 2.05) is 0 Å². The summed E-state index contributed by atoms with van der Waals surface area (Å²) < 4.78 is 5.00. The molecule has 3 N–H and O–H groups in total. The fourth-order valence-corrected chi connectivity index (χ4v) is 1.14. The van der Waals surface area contributed by atoms with Gasteiger partial charge in [0.05, 0.1) is 19.3 Å². The van der Waals surface area contributed by atoms with Crippen LogP contribution in [0.3, 0.4) is 0 Å². The van der Waals surface area contributed by atoms with Gasteiger partial charge in [-0.1, -0.05) is 6.08 Å². The van der Waals surface area contributed by atoms with E-state index in [4.69, 9.17) is 9.84 Å². The van der Waals surface area contributed by atoms with Gasteiger partial charge in [-0.25, -0.2) is 0 Å². The Bertz CT molecular complexity index is 201. The lowest BCUT2D eigenvalue weighted by molar-refractivity contribution is -0.138. The van der Waals surface area contributed by atoms with Gasteiger partial charge >= 0.3 is 5.97 Å². The van der Waals surface area contributed by atoms with E-state index >= 15 is 0 Å². The van der Waals surface area contributed by atoms with E-state index in [0.717, 1.165) is 0 Å². The lowest BCUT2D eigenvalue weighted by atomic mass is 10.3. The number of aliphatic carboxylic acids is 1. The summed E-state index contributed by atoms with van der Waals surface area (Å²) in [6, 6.07) is -0.748. The van der Waals surface area contributed by atoms with Crippen molar-refractivity contribution >= 4 is 18.6 Å². The molecule has 15 heavy (non-hydrogen) atoms. The van der Waals surface area contributed by atoms with Gasteiger partial charge < -0.3 is 20.3 Å². The Kier molecular flexibility index (Phi) is 8.40. The largest absolute Gasteiger partial charge is 0.480 e. The molecule has 0 radical (unpaired) electrons. The van der Waals surface area contributed by atoms with Crippen LogP contribution in [0.4, 0.5) is 0 Å². The molecule has 0 aliphatic rings. The maximum absolute atomic E-state index is 10.6. The zero-order chi connectivity index (χ0) is 11.7. The summed E-state index contributed by atoms with van der Waals surface area (Å²) in [5, 5.41) is 20.7. The molecule has 0 saturated carbocycles. The van der Waals surface area contributed by atoms with E-state index in [1.54, 1.807) is 6.08 Å². The highest BCUT2D eigenvalue weighted by Gasteiger charge is 2.15. The summed E-state index contributed by atoms with van der Waals surface area (Å²) >= 11 is 3.87. The third-order valence-electron chi connectivity index (χ3n) is 1.63. The Labute approximate surface area is 94.5 Å². The quantitative estimate of drug-likeness (QED) is 0.247. The summed E-state index contributed by atoms with van der Waals surface area (Å²) in [7, 11) is 0. The zero-order valence-corrected chi connectivity index (χ0v) is 9.32. The SMILES string of the molecule is C=CCOCC(O)CN[C@@H](CS)C(=O)O. The van der Waals surface area contributed by atoms with Crippen molar-refractivity contribution in [3.05, 3.63) is 12.7 Å². The van der Waals surface area contributed by atoms with Crippen molar-refractivity contribution in [2.75, 3.05) is 25.5 Å². The average molecular weight is 235 g/mol. The smallest absolute Gasteiger partial charge is 0.321 e. The van der Waals surface area contributed by atoms with Crippen molar-refractivity contribution in [3.63, 3.8) is 0 Å². The van der Waals surface area contributed by atoms with E-state index in [9.17, 15) is 9.90 Å². The number of thiol groups is 1. The first kappa shape index (κ1) is 14.4. The standard InChI is InChI=1S/C9H17NO4S/c1-2-3-14-5-7(11)4-10-8(6-15)9(12)13/h2,7-8,10-11,15H,1,3-6H2,(H,12,13)/t7?,8-/m0/s1. The molecule has 0 aliphatic carbocycles. The van der Waals surface area contributed by atoms with Crippen molar-refractivity contribution in [3.8, 4) is 0 Å². The molecule has 5 nitrogen and oxygen atoms in total. The van der Waals surface area contributed by atoms with Gasteiger partial charge in [-0.3, -0.25) is 4.79 Å². The van der Waals surface area contributed by atoms with Crippen molar-refractivity contribution in [1.82, 2.24) is 5.32 Å². The molecule has 0 aromatic rings. The van der Waals surface area contributed by atoms with Crippen LogP contribution >= 0.6 is 12.6 Å². The summed E-state index contributed by atoms with van der Waals surface area (Å²) in [6.45, 7) is 4.14. The summed E-state index contributed by atoms with van der Waals surface area (Å²) in [5.41, 5.74) is 0. The second-order valence-electron chi connectivity index (χ2n) is 2.96. The number of aliphatic hydroxyl groups is 1. The molecular formula is C9H17NO4S. The van der Waals surface area contributed by atoms with Crippen LogP contribution in [0, 0.1) is 0 Å². The van der Waals surface area contributed by atoms with Gasteiger partial charge in [0, 0.05) is 12.3 Å². The van der Waals surface area contributed by atoms with Crippen LogP contribution in [0.1, 0.15) is 0 Å². The molecule has 6 heteroatoms. The van der Waals surface area contributed by atoms with Crippen LogP contribution in [0.25, 0.3) is 0 Å². The van der Waals surface area contributed by atoms with Crippen LogP contribution in [0.15, 0.2) is 12.7 Å². The third-order valence-corrected chi connectivity index (χ3v) is 1.99. The summed E-state index contributed by atoms with van der Waals surface area (Å²) in [5.74, 6) is -0.806. The molecular weight excluding hydrogens is 218 g/mol. The number of carboxylic acid groups (broad SMARTS) is 1. The monoisotopic (exact) mass is 235 g/mol. The molecule has 2 atom stereocenters. The van der Waals surface area contributed by atoms with Crippen LogP contribution < -0.4 is 5.32 Å². The molecule has 0 heterocycles. The maximum atomic E-state index is 10.6. The van der Waals surface area contributed by atoms with Gasteiger partial charge in [0.1, 0.15) is 6.04 Å². The number of aliphatic hydroxyl groups excluding tert-OH is 1. The number of carboxylic acids is 1. The number of nitrogens with one attached hydrogen (secondary N) is 1. The van der Waals surface area contributed by atoms with E-state index in [0.29, 0.717) is 6.61 Å². The first-order valence-electron chi connectivity index (χ1n) is 4.55. The first-order chi connectivity index (χ1) is 7.11.